The van der Waals surface area contributed by atoms with Gasteiger partial charge in [0.1, 0.15) is 5.75 Å². The molecule has 4 saturated carbocycles. The van der Waals surface area contributed by atoms with Gasteiger partial charge in [-0.2, -0.15) is 0 Å². The van der Waals surface area contributed by atoms with E-state index in [0.29, 0.717) is 47.3 Å². The highest BCUT2D eigenvalue weighted by atomic mass is 16.5. The van der Waals surface area contributed by atoms with E-state index in [0.717, 1.165) is 47.2 Å². The molecule has 4 fully saturated rings. The Morgan fingerprint density at radius 3 is 1.77 bits per heavy atom. The highest BCUT2D eigenvalue weighted by Crippen LogP contribution is 2.50. The summed E-state index contributed by atoms with van der Waals surface area (Å²) in [7, 11) is 0. The Morgan fingerprint density at radius 1 is 0.688 bits per heavy atom. The Balaban J connectivity index is 1.48. The number of aromatic nitrogens is 1. The molecule has 0 radical (unpaired) electrons. The largest absolute Gasteiger partial charge is 0.453 e. The molecule has 0 saturated heterocycles. The number of nitrogens with zero attached hydrogens (tertiary/aromatic N) is 2. The van der Waals surface area contributed by atoms with Gasteiger partial charge in [-0.1, -0.05) is 123 Å². The SMILES string of the molecule is [C-]#[N+]C1=C(C2CCCCC2C)C(=C(Oc2ccccc2)c2[nH]c(C3CCCCC3C)cc2C2CCCCC2C)N=C1C1CCCCC1C. The van der Waals surface area contributed by atoms with Crippen molar-refractivity contribution in [2.75, 3.05) is 0 Å². The summed E-state index contributed by atoms with van der Waals surface area (Å²) in [6, 6.07) is 12.9. The maximum absolute atomic E-state index is 8.69. The average molecular weight is 646 g/mol. The Kier molecular flexibility index (Phi) is 10.3. The molecule has 8 atom stereocenters. The predicted molar refractivity (Wildman–Crippen MR) is 199 cm³/mol. The molecule has 7 rings (SSSR count). The number of aliphatic imine (C=N–C) groups is 1. The van der Waals surface area contributed by atoms with Gasteiger partial charge in [0.05, 0.1) is 23.7 Å². The summed E-state index contributed by atoms with van der Waals surface area (Å²) in [6.45, 7) is 18.4. The number of hydrogen-bond acceptors (Lipinski definition) is 2. The summed E-state index contributed by atoms with van der Waals surface area (Å²) in [6.07, 6.45) is 20.0. The smallest absolute Gasteiger partial charge is 0.214 e. The number of nitrogens with one attached hydrogen (secondary N) is 1. The van der Waals surface area contributed by atoms with E-state index in [1.807, 2.05) is 0 Å². The molecule has 1 aliphatic heterocycles. The van der Waals surface area contributed by atoms with Crippen LogP contribution in [0.25, 0.3) is 10.6 Å². The quantitative estimate of drug-likeness (QED) is 0.236. The summed E-state index contributed by atoms with van der Waals surface area (Å²) in [5.41, 5.74) is 8.05. The molecule has 1 aromatic heterocycles. The third-order valence-corrected chi connectivity index (χ3v) is 13.3. The molecule has 8 unspecified atom stereocenters. The summed E-state index contributed by atoms with van der Waals surface area (Å²) >= 11 is 0. The lowest BCUT2D eigenvalue weighted by Gasteiger charge is -2.32. The van der Waals surface area contributed by atoms with Crippen molar-refractivity contribution >= 4 is 11.5 Å². The minimum absolute atomic E-state index is 0.331. The van der Waals surface area contributed by atoms with Crippen LogP contribution >= 0.6 is 0 Å². The third kappa shape index (κ3) is 6.60. The molecule has 4 nitrogen and oxygen atoms in total. The van der Waals surface area contributed by atoms with Gasteiger partial charge in [-0.3, -0.25) is 4.99 Å². The number of para-hydroxylation sites is 1. The average Bonchev–Trinajstić information content (AvgIpc) is 3.71. The second-order valence-electron chi connectivity index (χ2n) is 16.5. The Bertz CT molecular complexity index is 1570. The van der Waals surface area contributed by atoms with Crippen LogP contribution in [-0.2, 0) is 0 Å². The molecule has 5 aliphatic rings. The zero-order chi connectivity index (χ0) is 33.2. The van der Waals surface area contributed by atoms with Crippen LogP contribution < -0.4 is 4.74 Å². The number of benzene rings is 1. The van der Waals surface area contributed by atoms with Crippen LogP contribution in [0.15, 0.2) is 58.4 Å². The predicted octanol–water partition coefficient (Wildman–Crippen LogP) is 12.6. The number of ether oxygens (including phenoxy) is 1. The molecule has 48 heavy (non-hydrogen) atoms. The molecule has 2 heterocycles. The van der Waals surface area contributed by atoms with E-state index in [1.54, 1.807) is 0 Å². The number of aromatic amines is 1. The van der Waals surface area contributed by atoms with Crippen molar-refractivity contribution in [2.45, 2.75) is 142 Å². The van der Waals surface area contributed by atoms with Gasteiger partial charge in [0, 0.05) is 11.6 Å². The first-order valence-electron chi connectivity index (χ1n) is 19.9. The van der Waals surface area contributed by atoms with Crippen molar-refractivity contribution < 1.29 is 4.74 Å². The van der Waals surface area contributed by atoms with Crippen molar-refractivity contribution in [1.82, 2.24) is 4.98 Å². The highest BCUT2D eigenvalue weighted by Gasteiger charge is 2.41. The molecule has 4 aliphatic carbocycles. The molecular formula is C44H59N3O. The van der Waals surface area contributed by atoms with Gasteiger partial charge in [-0.05, 0) is 96.4 Å². The normalized spacial score (nSPS) is 34.0. The van der Waals surface area contributed by atoms with Crippen LogP contribution in [0.1, 0.15) is 159 Å². The number of allylic oxidation sites excluding steroid dienone is 2. The van der Waals surface area contributed by atoms with Gasteiger partial charge in [-0.15, -0.1) is 0 Å². The molecular weight excluding hydrogens is 587 g/mol. The van der Waals surface area contributed by atoms with Crippen LogP contribution in [0, 0.1) is 42.1 Å². The van der Waals surface area contributed by atoms with Crippen molar-refractivity contribution in [1.29, 1.82) is 0 Å². The van der Waals surface area contributed by atoms with Gasteiger partial charge in [-0.25, -0.2) is 4.85 Å². The highest BCUT2D eigenvalue weighted by molar-refractivity contribution is 6.09. The molecule has 1 aromatic carbocycles. The molecule has 0 spiro atoms. The maximum Gasteiger partial charge on any atom is 0.214 e. The van der Waals surface area contributed by atoms with E-state index in [2.05, 4.69) is 73.9 Å². The molecule has 2 aromatic rings. The zero-order valence-corrected chi connectivity index (χ0v) is 30.2. The zero-order valence-electron chi connectivity index (χ0n) is 30.2. The van der Waals surface area contributed by atoms with Crippen LogP contribution in [0.3, 0.4) is 0 Å². The lowest BCUT2D eigenvalue weighted by Crippen LogP contribution is -2.26. The second kappa shape index (κ2) is 14.8. The number of rotatable bonds is 7. The van der Waals surface area contributed by atoms with Crippen molar-refractivity contribution in [3.8, 4) is 5.75 Å². The van der Waals surface area contributed by atoms with Gasteiger partial charge in [0.15, 0.2) is 5.76 Å². The van der Waals surface area contributed by atoms with Gasteiger partial charge < -0.3 is 9.72 Å². The number of hydrogen-bond donors (Lipinski definition) is 1. The van der Waals surface area contributed by atoms with E-state index in [9.17, 15) is 0 Å². The van der Waals surface area contributed by atoms with Crippen LogP contribution in [0.5, 0.6) is 5.75 Å². The minimum atomic E-state index is 0.331. The Labute approximate surface area is 290 Å². The summed E-state index contributed by atoms with van der Waals surface area (Å²) < 4.78 is 7.19. The lowest BCUT2D eigenvalue weighted by atomic mass is 9.73. The topological polar surface area (TPSA) is 41.7 Å². The fourth-order valence-corrected chi connectivity index (χ4v) is 10.4. The second-order valence-corrected chi connectivity index (χ2v) is 16.5. The van der Waals surface area contributed by atoms with E-state index < -0.39 is 0 Å². The molecule has 256 valence electrons. The lowest BCUT2D eigenvalue weighted by molar-refractivity contribution is 0.294. The van der Waals surface area contributed by atoms with Crippen LogP contribution in [0.2, 0.25) is 0 Å². The van der Waals surface area contributed by atoms with Crippen molar-refractivity contribution in [2.24, 2.45) is 40.5 Å². The monoisotopic (exact) mass is 645 g/mol. The van der Waals surface area contributed by atoms with Crippen LogP contribution in [0.4, 0.5) is 0 Å². The molecule has 1 N–H and O–H groups in total. The van der Waals surface area contributed by atoms with E-state index in [4.69, 9.17) is 16.3 Å². The third-order valence-electron chi connectivity index (χ3n) is 13.3. The number of H-pyrrole nitrogens is 1. The Hall–Kier alpha value is -3.06. The van der Waals surface area contributed by atoms with Gasteiger partial charge in [0.2, 0.25) is 5.70 Å². The first-order valence-corrected chi connectivity index (χ1v) is 19.9. The fourth-order valence-electron chi connectivity index (χ4n) is 10.4. The van der Waals surface area contributed by atoms with Crippen molar-refractivity contribution in [3.63, 3.8) is 0 Å². The fraction of sp³-hybridized carbons (Fsp3) is 0.636. The summed E-state index contributed by atoms with van der Waals surface area (Å²) in [5, 5.41) is 0. The standard InChI is InChI=1S/C44H59N3O/c1-28-17-9-13-23-33(28)37-27-38(34-24-14-10-18-29(34)2)46-41(37)44(48-32-21-7-6-8-22-32)43-39(35-25-15-11-19-30(35)3)42(45-5)40(47-43)36-26-16-12-20-31(36)4/h6-8,21-22,27-31,33-36,46H,9-20,23-26H2,1-4H3. The van der Waals surface area contributed by atoms with Gasteiger partial charge in [0.25, 0.3) is 0 Å². The van der Waals surface area contributed by atoms with E-state index in [1.165, 1.54) is 107 Å². The van der Waals surface area contributed by atoms with E-state index >= 15 is 0 Å². The summed E-state index contributed by atoms with van der Waals surface area (Å²) in [5.74, 6) is 5.80. The molecule has 0 amide bonds. The molecule has 0 bridgehead atoms. The maximum atomic E-state index is 8.69. The first-order chi connectivity index (χ1) is 23.4. The first kappa shape index (κ1) is 33.4. The van der Waals surface area contributed by atoms with Gasteiger partial charge >= 0.3 is 0 Å². The van der Waals surface area contributed by atoms with Crippen LogP contribution in [-0.4, -0.2) is 10.7 Å². The Morgan fingerprint density at radius 2 is 1.21 bits per heavy atom. The minimum Gasteiger partial charge on any atom is -0.453 e. The van der Waals surface area contributed by atoms with Crippen molar-refractivity contribution in [3.05, 3.63) is 81.7 Å². The molecule has 4 heteroatoms. The van der Waals surface area contributed by atoms with E-state index in [-0.39, 0.29) is 0 Å². The summed E-state index contributed by atoms with van der Waals surface area (Å²) in [4.78, 5) is 14.2.